The van der Waals surface area contributed by atoms with Gasteiger partial charge in [0.15, 0.2) is 5.78 Å². The van der Waals surface area contributed by atoms with Crippen molar-refractivity contribution in [3.8, 4) is 0 Å². The van der Waals surface area contributed by atoms with Gasteiger partial charge in [0.05, 0.1) is 11.6 Å². The third-order valence-corrected chi connectivity index (χ3v) is 2.93. The Morgan fingerprint density at radius 1 is 1.40 bits per heavy atom. The van der Waals surface area contributed by atoms with E-state index < -0.39 is 0 Å². The summed E-state index contributed by atoms with van der Waals surface area (Å²) >= 11 is 6.01. The number of hydrogen-bond donors (Lipinski definition) is 0. The number of rotatable bonds is 2. The molecule has 0 aliphatic carbocycles. The first-order chi connectivity index (χ1) is 7.24. The number of carbonyl (C=O) groups is 1. The number of halogens is 1. The van der Waals surface area contributed by atoms with Gasteiger partial charge in [-0.25, -0.2) is 4.99 Å². The summed E-state index contributed by atoms with van der Waals surface area (Å²) in [6.07, 6.45) is 1.71. The minimum Gasteiger partial charge on any atom is -0.293 e. The first-order valence-corrected chi connectivity index (χ1v) is 5.49. The molecule has 2 nitrogen and oxygen atoms in total. The fourth-order valence-corrected chi connectivity index (χ4v) is 2.11. The number of para-hydroxylation sites is 1. The molecule has 1 aromatic rings. The van der Waals surface area contributed by atoms with Crippen molar-refractivity contribution in [2.75, 3.05) is 0 Å². The highest BCUT2D eigenvalue weighted by Crippen LogP contribution is 2.31. The Kier molecular flexibility index (Phi) is 2.87. The molecule has 78 valence electrons. The third kappa shape index (κ3) is 1.82. The van der Waals surface area contributed by atoms with Crippen LogP contribution in [0.5, 0.6) is 0 Å². The predicted octanol–water partition coefficient (Wildman–Crippen LogP) is 3.57. The van der Waals surface area contributed by atoms with Gasteiger partial charge < -0.3 is 0 Å². The van der Waals surface area contributed by atoms with Gasteiger partial charge in [0.1, 0.15) is 5.17 Å². The fourth-order valence-electron chi connectivity index (χ4n) is 1.81. The molecule has 2 rings (SSSR count). The van der Waals surface area contributed by atoms with E-state index in [-0.39, 0.29) is 11.7 Å². The second-order valence-electron chi connectivity index (χ2n) is 3.66. The summed E-state index contributed by atoms with van der Waals surface area (Å²) in [5.41, 5.74) is 1.39. The Morgan fingerprint density at radius 3 is 2.87 bits per heavy atom. The van der Waals surface area contributed by atoms with Crippen LogP contribution in [0, 0.1) is 5.92 Å². The smallest absolute Gasteiger partial charge is 0.174 e. The van der Waals surface area contributed by atoms with E-state index in [2.05, 4.69) is 4.99 Å². The zero-order chi connectivity index (χ0) is 10.8. The lowest BCUT2D eigenvalue weighted by molar-refractivity contribution is 0.0949. The standard InChI is InChI=1S/C12H12ClNO/c1-2-5-9-11(15)8-6-3-4-7-10(8)14-12(9)13/h3-4,6-7,9H,2,5H2,1H3. The van der Waals surface area contributed by atoms with Gasteiger partial charge in [-0.1, -0.05) is 37.1 Å². The van der Waals surface area contributed by atoms with Crippen molar-refractivity contribution < 1.29 is 4.79 Å². The van der Waals surface area contributed by atoms with Crippen LogP contribution in [0.4, 0.5) is 5.69 Å². The number of nitrogens with zero attached hydrogens (tertiary/aromatic N) is 1. The van der Waals surface area contributed by atoms with Crippen LogP contribution in [-0.4, -0.2) is 11.0 Å². The average molecular weight is 222 g/mol. The summed E-state index contributed by atoms with van der Waals surface area (Å²) < 4.78 is 0. The Hall–Kier alpha value is -1.15. The van der Waals surface area contributed by atoms with E-state index in [0.29, 0.717) is 16.4 Å². The molecule has 1 aliphatic heterocycles. The van der Waals surface area contributed by atoms with Crippen LogP contribution in [0.15, 0.2) is 29.3 Å². The van der Waals surface area contributed by atoms with Crippen molar-refractivity contribution >= 4 is 28.2 Å². The molecule has 1 aromatic carbocycles. The van der Waals surface area contributed by atoms with Crippen molar-refractivity contribution in [2.24, 2.45) is 10.9 Å². The molecule has 0 amide bonds. The van der Waals surface area contributed by atoms with Crippen LogP contribution in [0.1, 0.15) is 30.1 Å². The van der Waals surface area contributed by atoms with Crippen LogP contribution in [0.2, 0.25) is 0 Å². The molecule has 0 fully saturated rings. The molecule has 3 heteroatoms. The van der Waals surface area contributed by atoms with Crippen molar-refractivity contribution in [2.45, 2.75) is 19.8 Å². The molecule has 15 heavy (non-hydrogen) atoms. The number of hydrogen-bond acceptors (Lipinski definition) is 2. The molecule has 0 saturated heterocycles. The van der Waals surface area contributed by atoms with Crippen molar-refractivity contribution in [1.82, 2.24) is 0 Å². The van der Waals surface area contributed by atoms with Gasteiger partial charge >= 0.3 is 0 Å². The van der Waals surface area contributed by atoms with Crippen molar-refractivity contribution in [1.29, 1.82) is 0 Å². The highest BCUT2D eigenvalue weighted by atomic mass is 35.5. The van der Waals surface area contributed by atoms with E-state index in [0.717, 1.165) is 12.8 Å². The zero-order valence-corrected chi connectivity index (χ0v) is 9.29. The lowest BCUT2D eigenvalue weighted by Gasteiger charge is -2.19. The van der Waals surface area contributed by atoms with E-state index in [1.54, 1.807) is 0 Å². The van der Waals surface area contributed by atoms with Gasteiger partial charge in [-0.2, -0.15) is 0 Å². The van der Waals surface area contributed by atoms with E-state index in [9.17, 15) is 4.79 Å². The molecule has 0 spiro atoms. The quantitative estimate of drug-likeness (QED) is 0.751. The van der Waals surface area contributed by atoms with Crippen LogP contribution in [0.25, 0.3) is 0 Å². The topological polar surface area (TPSA) is 29.4 Å². The molecular weight excluding hydrogens is 210 g/mol. The largest absolute Gasteiger partial charge is 0.293 e. The molecule has 0 radical (unpaired) electrons. The Morgan fingerprint density at radius 2 is 2.13 bits per heavy atom. The normalized spacial score (nSPS) is 19.7. The van der Waals surface area contributed by atoms with Crippen LogP contribution in [-0.2, 0) is 0 Å². The number of benzene rings is 1. The summed E-state index contributed by atoms with van der Waals surface area (Å²) in [5.74, 6) is -0.126. The van der Waals surface area contributed by atoms with Gasteiger partial charge in [0, 0.05) is 5.56 Å². The third-order valence-electron chi connectivity index (χ3n) is 2.58. The lowest BCUT2D eigenvalue weighted by Crippen LogP contribution is -2.23. The van der Waals surface area contributed by atoms with Crippen molar-refractivity contribution in [3.05, 3.63) is 29.8 Å². The Labute approximate surface area is 94.0 Å². The summed E-state index contributed by atoms with van der Waals surface area (Å²) in [7, 11) is 0. The second kappa shape index (κ2) is 4.15. The molecular formula is C12H12ClNO. The van der Waals surface area contributed by atoms with Crippen molar-refractivity contribution in [3.63, 3.8) is 0 Å². The molecule has 1 aliphatic rings. The molecule has 1 unspecified atom stereocenters. The van der Waals surface area contributed by atoms with E-state index >= 15 is 0 Å². The maximum atomic E-state index is 12.1. The fraction of sp³-hybridized carbons (Fsp3) is 0.333. The number of carbonyl (C=O) groups excluding carboxylic acids is 1. The average Bonchev–Trinajstić information content (AvgIpc) is 2.24. The number of ketones is 1. The summed E-state index contributed by atoms with van der Waals surface area (Å²) in [4.78, 5) is 16.3. The number of aliphatic imine (C=N–C) groups is 1. The molecule has 0 N–H and O–H groups in total. The highest BCUT2D eigenvalue weighted by Gasteiger charge is 2.29. The van der Waals surface area contributed by atoms with Crippen LogP contribution >= 0.6 is 11.6 Å². The number of Topliss-reactive ketones (excluding diaryl/α,β-unsaturated/α-hetero) is 1. The number of fused-ring (bicyclic) bond motifs is 1. The van der Waals surface area contributed by atoms with Gasteiger partial charge in [0.2, 0.25) is 0 Å². The Bertz CT molecular complexity index is 425. The molecule has 0 bridgehead atoms. The maximum absolute atomic E-state index is 12.1. The van der Waals surface area contributed by atoms with Gasteiger partial charge in [0.25, 0.3) is 0 Å². The van der Waals surface area contributed by atoms with Crippen LogP contribution in [0.3, 0.4) is 0 Å². The van der Waals surface area contributed by atoms with Crippen LogP contribution < -0.4 is 0 Å². The summed E-state index contributed by atoms with van der Waals surface area (Å²) in [6, 6.07) is 7.35. The second-order valence-corrected chi connectivity index (χ2v) is 4.04. The Balaban J connectivity index is 2.44. The van der Waals surface area contributed by atoms with E-state index in [1.165, 1.54) is 0 Å². The maximum Gasteiger partial charge on any atom is 0.174 e. The van der Waals surface area contributed by atoms with E-state index in [1.807, 2.05) is 31.2 Å². The summed E-state index contributed by atoms with van der Waals surface area (Å²) in [6.45, 7) is 2.04. The van der Waals surface area contributed by atoms with E-state index in [4.69, 9.17) is 11.6 Å². The lowest BCUT2D eigenvalue weighted by atomic mass is 9.91. The molecule has 1 atom stereocenters. The predicted molar refractivity (Wildman–Crippen MR) is 62.1 cm³/mol. The van der Waals surface area contributed by atoms with Gasteiger partial charge in [-0.3, -0.25) is 4.79 Å². The first kappa shape index (κ1) is 10.4. The van der Waals surface area contributed by atoms with Gasteiger partial charge in [-0.15, -0.1) is 0 Å². The molecule has 0 aromatic heterocycles. The minimum atomic E-state index is -0.230. The molecule has 1 heterocycles. The SMILES string of the molecule is CCCC1C(=O)c2ccccc2N=C1Cl. The summed E-state index contributed by atoms with van der Waals surface area (Å²) in [5, 5.41) is 0.431. The zero-order valence-electron chi connectivity index (χ0n) is 8.53. The minimum absolute atomic E-state index is 0.104. The first-order valence-electron chi connectivity index (χ1n) is 5.11. The highest BCUT2D eigenvalue weighted by molar-refractivity contribution is 6.68. The molecule has 0 saturated carbocycles. The monoisotopic (exact) mass is 221 g/mol. The van der Waals surface area contributed by atoms with Gasteiger partial charge in [-0.05, 0) is 18.6 Å².